The molecule has 1 amide bonds. The summed E-state index contributed by atoms with van der Waals surface area (Å²) in [4.78, 5) is 13.0. The number of nitrogens with one attached hydrogen (secondary N) is 1. The summed E-state index contributed by atoms with van der Waals surface area (Å²) in [6.45, 7) is 4.62. The number of carbonyl (C=O) groups excluding carboxylic acids is 1. The highest BCUT2D eigenvalue weighted by atomic mass is 32.2. The number of hydrogen-bond donors (Lipinski definition) is 1. The molecular weight excluding hydrogens is 476 g/mol. The van der Waals surface area contributed by atoms with E-state index in [1.807, 2.05) is 26.0 Å². The van der Waals surface area contributed by atoms with Gasteiger partial charge in [-0.25, -0.2) is 8.42 Å². The lowest BCUT2D eigenvalue weighted by Crippen LogP contribution is -2.39. The lowest BCUT2D eigenvalue weighted by atomic mass is 10.0. The molecule has 0 bridgehead atoms. The van der Waals surface area contributed by atoms with E-state index in [0.29, 0.717) is 46.6 Å². The van der Waals surface area contributed by atoms with Gasteiger partial charge in [-0.2, -0.15) is 4.31 Å². The number of ether oxygens (including phenoxy) is 2. The van der Waals surface area contributed by atoms with Crippen LogP contribution in [0.4, 0.5) is 5.69 Å². The van der Waals surface area contributed by atoms with Gasteiger partial charge in [0.05, 0.1) is 4.90 Å². The van der Waals surface area contributed by atoms with Crippen LogP contribution in [-0.4, -0.2) is 48.7 Å². The van der Waals surface area contributed by atoms with Gasteiger partial charge in [0.1, 0.15) is 5.01 Å². The van der Waals surface area contributed by atoms with Crippen molar-refractivity contribution in [3.8, 4) is 11.5 Å². The van der Waals surface area contributed by atoms with Crippen LogP contribution in [0.15, 0.2) is 41.3 Å². The van der Waals surface area contributed by atoms with E-state index in [1.165, 1.54) is 15.6 Å². The Balaban J connectivity index is 1.30. The fourth-order valence-electron chi connectivity index (χ4n) is 4.14. The summed E-state index contributed by atoms with van der Waals surface area (Å²) in [5, 5.41) is 12.0. The first kappa shape index (κ1) is 22.8. The smallest absolute Gasteiger partial charge is 0.286 e. The second-order valence-corrected chi connectivity index (χ2v) is 11.4. The molecular formula is C23H24N4O5S2. The first-order valence-electron chi connectivity index (χ1n) is 10.9. The average molecular weight is 501 g/mol. The molecule has 1 fully saturated rings. The summed E-state index contributed by atoms with van der Waals surface area (Å²) in [6.07, 6.45) is 1.50. The van der Waals surface area contributed by atoms with Crippen LogP contribution in [0.1, 0.15) is 44.7 Å². The van der Waals surface area contributed by atoms with Gasteiger partial charge in [-0.15, -0.1) is 10.2 Å². The maximum absolute atomic E-state index is 13.3. The van der Waals surface area contributed by atoms with E-state index in [9.17, 15) is 13.2 Å². The third kappa shape index (κ3) is 4.38. The van der Waals surface area contributed by atoms with E-state index in [0.717, 1.165) is 17.5 Å². The molecule has 5 rings (SSSR count). The zero-order chi connectivity index (χ0) is 23.9. The number of fused-ring (bicyclic) bond motifs is 1. The molecule has 2 aliphatic rings. The van der Waals surface area contributed by atoms with Crippen LogP contribution in [0, 0.1) is 13.8 Å². The fraction of sp³-hybridized carbons (Fsp3) is 0.348. The summed E-state index contributed by atoms with van der Waals surface area (Å²) < 4.78 is 38.8. The summed E-state index contributed by atoms with van der Waals surface area (Å²) in [5.41, 5.74) is 2.19. The molecule has 0 radical (unpaired) electrons. The number of rotatable bonds is 5. The number of piperidine rings is 1. The summed E-state index contributed by atoms with van der Waals surface area (Å²) >= 11 is 1.19. The number of aryl methyl sites for hydroxylation is 2. The Kier molecular flexibility index (Phi) is 6.00. The second-order valence-electron chi connectivity index (χ2n) is 8.44. The molecule has 2 aliphatic heterocycles. The number of aromatic nitrogens is 2. The predicted octanol–water partition coefficient (Wildman–Crippen LogP) is 3.70. The first-order valence-corrected chi connectivity index (χ1v) is 13.2. The Labute approximate surface area is 201 Å². The minimum absolute atomic E-state index is 0.113. The normalized spacial score (nSPS) is 18.1. The highest BCUT2D eigenvalue weighted by Crippen LogP contribution is 2.35. The van der Waals surface area contributed by atoms with Crippen molar-refractivity contribution in [2.45, 2.75) is 37.5 Å². The van der Waals surface area contributed by atoms with Gasteiger partial charge in [-0.05, 0) is 56.0 Å². The molecule has 1 atom stereocenters. The zero-order valence-corrected chi connectivity index (χ0v) is 20.4. The minimum atomic E-state index is -3.62. The van der Waals surface area contributed by atoms with Crippen LogP contribution in [0.2, 0.25) is 0 Å². The standard InChI is InChI=1S/C23H24N4O5S2/c1-14-5-6-15(2)20(10-14)34(29,30)27-9-3-4-16(12-27)22-25-26-23(33-22)21(28)24-17-7-8-18-19(11-17)32-13-31-18/h5-8,10-11,16H,3-4,9,12-13H2,1-2H3,(H,24,28). The average Bonchev–Trinajstić information content (AvgIpc) is 3.50. The van der Waals surface area contributed by atoms with Gasteiger partial charge in [0, 0.05) is 30.8 Å². The van der Waals surface area contributed by atoms with Crippen LogP contribution in [0.3, 0.4) is 0 Å². The SMILES string of the molecule is Cc1ccc(C)c(S(=O)(=O)N2CCCC(c3nnc(C(=O)Nc4ccc5c(c4)OCO5)s3)C2)c1. The topological polar surface area (TPSA) is 111 Å². The number of nitrogens with zero attached hydrogens (tertiary/aromatic N) is 3. The number of sulfonamides is 1. The van der Waals surface area contributed by atoms with Crippen LogP contribution in [-0.2, 0) is 10.0 Å². The van der Waals surface area contributed by atoms with E-state index in [1.54, 1.807) is 24.3 Å². The van der Waals surface area contributed by atoms with Crippen molar-refractivity contribution >= 4 is 33.0 Å². The predicted molar refractivity (Wildman–Crippen MR) is 127 cm³/mol. The van der Waals surface area contributed by atoms with E-state index in [4.69, 9.17) is 9.47 Å². The maximum Gasteiger partial charge on any atom is 0.286 e. The van der Waals surface area contributed by atoms with Crippen molar-refractivity contribution in [1.82, 2.24) is 14.5 Å². The first-order chi connectivity index (χ1) is 16.3. The number of hydrogen-bond acceptors (Lipinski definition) is 8. The highest BCUT2D eigenvalue weighted by Gasteiger charge is 2.33. The Hall–Kier alpha value is -3.02. The lowest BCUT2D eigenvalue weighted by molar-refractivity contribution is 0.102. The maximum atomic E-state index is 13.3. The minimum Gasteiger partial charge on any atom is -0.454 e. The van der Waals surface area contributed by atoms with Gasteiger partial charge in [0.15, 0.2) is 11.5 Å². The fourth-order valence-corrected chi connectivity index (χ4v) is 6.83. The van der Waals surface area contributed by atoms with Crippen LogP contribution in [0.5, 0.6) is 11.5 Å². The lowest BCUT2D eigenvalue weighted by Gasteiger charge is -2.31. The Morgan fingerprint density at radius 1 is 1.12 bits per heavy atom. The summed E-state index contributed by atoms with van der Waals surface area (Å²) in [6, 6.07) is 10.6. The van der Waals surface area contributed by atoms with E-state index >= 15 is 0 Å². The Bertz CT molecular complexity index is 1360. The molecule has 0 saturated carbocycles. The molecule has 34 heavy (non-hydrogen) atoms. The van der Waals surface area contributed by atoms with Crippen molar-refractivity contribution in [3.05, 3.63) is 57.5 Å². The molecule has 178 valence electrons. The Morgan fingerprint density at radius 2 is 1.94 bits per heavy atom. The van der Waals surface area contributed by atoms with Gasteiger partial charge in [-0.1, -0.05) is 23.5 Å². The van der Waals surface area contributed by atoms with Crippen LogP contribution >= 0.6 is 11.3 Å². The highest BCUT2D eigenvalue weighted by molar-refractivity contribution is 7.89. The molecule has 3 heterocycles. The Morgan fingerprint density at radius 3 is 2.79 bits per heavy atom. The van der Waals surface area contributed by atoms with Crippen molar-refractivity contribution in [2.24, 2.45) is 0 Å². The number of benzene rings is 2. The molecule has 0 spiro atoms. The molecule has 3 aromatic rings. The molecule has 1 unspecified atom stereocenters. The molecule has 1 saturated heterocycles. The molecule has 2 aromatic carbocycles. The van der Waals surface area contributed by atoms with E-state index in [2.05, 4.69) is 15.5 Å². The second kappa shape index (κ2) is 8.97. The van der Waals surface area contributed by atoms with Gasteiger partial charge in [0.2, 0.25) is 21.8 Å². The molecule has 11 heteroatoms. The van der Waals surface area contributed by atoms with Crippen molar-refractivity contribution in [1.29, 1.82) is 0 Å². The number of anilines is 1. The number of amides is 1. The quantitative estimate of drug-likeness (QED) is 0.569. The van der Waals surface area contributed by atoms with Gasteiger partial charge in [0.25, 0.3) is 5.91 Å². The monoisotopic (exact) mass is 500 g/mol. The summed E-state index contributed by atoms with van der Waals surface area (Å²) in [5.74, 6) is 0.716. The van der Waals surface area contributed by atoms with Gasteiger partial charge >= 0.3 is 0 Å². The largest absolute Gasteiger partial charge is 0.454 e. The molecule has 1 N–H and O–H groups in total. The van der Waals surface area contributed by atoms with Gasteiger partial charge in [-0.3, -0.25) is 4.79 Å². The van der Waals surface area contributed by atoms with Crippen molar-refractivity contribution in [3.63, 3.8) is 0 Å². The molecule has 0 aliphatic carbocycles. The summed E-state index contributed by atoms with van der Waals surface area (Å²) in [7, 11) is -3.62. The third-order valence-corrected chi connectivity index (χ3v) is 9.05. The van der Waals surface area contributed by atoms with Crippen LogP contribution < -0.4 is 14.8 Å². The van der Waals surface area contributed by atoms with E-state index < -0.39 is 10.0 Å². The van der Waals surface area contributed by atoms with Crippen molar-refractivity contribution in [2.75, 3.05) is 25.2 Å². The zero-order valence-electron chi connectivity index (χ0n) is 18.8. The van der Waals surface area contributed by atoms with Crippen LogP contribution in [0.25, 0.3) is 0 Å². The molecule has 9 nitrogen and oxygen atoms in total. The van der Waals surface area contributed by atoms with E-state index in [-0.39, 0.29) is 23.6 Å². The van der Waals surface area contributed by atoms with Crippen molar-refractivity contribution < 1.29 is 22.7 Å². The number of carbonyl (C=O) groups is 1. The van der Waals surface area contributed by atoms with Gasteiger partial charge < -0.3 is 14.8 Å². The molecule has 1 aromatic heterocycles. The third-order valence-electron chi connectivity index (χ3n) is 5.96.